The van der Waals surface area contributed by atoms with Crippen LogP contribution in [0.4, 0.5) is 0 Å². The van der Waals surface area contributed by atoms with Gasteiger partial charge in [0.1, 0.15) is 0 Å². The van der Waals surface area contributed by atoms with Gasteiger partial charge >= 0.3 is 56.2 Å². The van der Waals surface area contributed by atoms with Crippen molar-refractivity contribution in [2.24, 2.45) is 0 Å². The molecule has 5 heavy (non-hydrogen) atoms. The SMILES string of the molecule is OB(O)O.[Ba+2].[H-].[H-]. The van der Waals surface area contributed by atoms with Crippen LogP contribution in [0.25, 0.3) is 0 Å². The summed E-state index contributed by atoms with van der Waals surface area (Å²) in [6.07, 6.45) is 0. The van der Waals surface area contributed by atoms with Crippen molar-refractivity contribution in [1.82, 2.24) is 0 Å². The van der Waals surface area contributed by atoms with Crippen molar-refractivity contribution in [2.45, 2.75) is 0 Å². The molecular formula is H5BBaO3. The summed E-state index contributed by atoms with van der Waals surface area (Å²) in [5.41, 5.74) is 0. The molecule has 0 aliphatic rings. The average Bonchev–Trinajstić information content (AvgIpc) is 0.811. The van der Waals surface area contributed by atoms with E-state index in [-0.39, 0.29) is 51.7 Å². The molecule has 3 N–H and O–H groups in total. The Bertz CT molecular complexity index is 17.7. The number of hydrogen-bond acceptors (Lipinski definition) is 3. The van der Waals surface area contributed by atoms with E-state index in [9.17, 15) is 0 Å². The molecule has 0 unspecified atom stereocenters. The number of rotatable bonds is 0. The third kappa shape index (κ3) is 29.7. The van der Waals surface area contributed by atoms with Gasteiger partial charge in [0.15, 0.2) is 0 Å². The van der Waals surface area contributed by atoms with Crippen LogP contribution in [0.15, 0.2) is 0 Å². The molecule has 3 nitrogen and oxygen atoms in total. The number of hydrogen-bond donors (Lipinski definition) is 3. The minimum Gasteiger partial charge on any atom is -1.00 e. The Labute approximate surface area is 73.2 Å². The minimum absolute atomic E-state index is 0. The first kappa shape index (κ1) is 9.72. The quantitative estimate of drug-likeness (QED) is 0.389. The van der Waals surface area contributed by atoms with Gasteiger partial charge < -0.3 is 17.9 Å². The van der Waals surface area contributed by atoms with E-state index in [0.717, 1.165) is 0 Å². The molecule has 0 radical (unpaired) electrons. The van der Waals surface area contributed by atoms with Crippen LogP contribution in [0.2, 0.25) is 0 Å². The second kappa shape index (κ2) is 5.52. The van der Waals surface area contributed by atoms with Crippen LogP contribution in [0.1, 0.15) is 2.85 Å². The summed E-state index contributed by atoms with van der Waals surface area (Å²) in [5, 5.41) is 21.5. The molecule has 0 atom stereocenters. The molecule has 28 valence electrons. The van der Waals surface area contributed by atoms with Gasteiger partial charge in [-0.2, -0.15) is 0 Å². The molecule has 0 saturated heterocycles. The predicted molar refractivity (Wildman–Crippen MR) is 20.4 cm³/mol. The van der Waals surface area contributed by atoms with Gasteiger partial charge in [0.2, 0.25) is 0 Å². The summed E-state index contributed by atoms with van der Waals surface area (Å²) >= 11 is 0. The maximum Gasteiger partial charge on any atom is 2.00 e. The van der Waals surface area contributed by atoms with E-state index in [1.54, 1.807) is 0 Å². The fraction of sp³-hybridized carbons (Fsp3) is 0. The topological polar surface area (TPSA) is 60.7 Å². The zero-order valence-electron chi connectivity index (χ0n) is 4.63. The van der Waals surface area contributed by atoms with E-state index in [4.69, 9.17) is 15.1 Å². The van der Waals surface area contributed by atoms with Crippen molar-refractivity contribution >= 4 is 56.2 Å². The molecule has 0 bridgehead atoms. The molecule has 0 fully saturated rings. The molecule has 0 aromatic rings. The van der Waals surface area contributed by atoms with E-state index in [1.807, 2.05) is 0 Å². The van der Waals surface area contributed by atoms with Gasteiger partial charge in [-0.25, -0.2) is 0 Å². The van der Waals surface area contributed by atoms with Crippen molar-refractivity contribution in [1.29, 1.82) is 0 Å². The van der Waals surface area contributed by atoms with E-state index < -0.39 is 7.32 Å². The molecule has 0 aromatic heterocycles. The second-order valence-electron chi connectivity index (χ2n) is 0.346. The van der Waals surface area contributed by atoms with Crippen molar-refractivity contribution in [3.63, 3.8) is 0 Å². The Morgan fingerprint density at radius 1 is 1.20 bits per heavy atom. The van der Waals surface area contributed by atoms with Crippen LogP contribution < -0.4 is 0 Å². The first-order chi connectivity index (χ1) is 1.73. The third-order valence-corrected chi connectivity index (χ3v) is 0. The third-order valence-electron chi connectivity index (χ3n) is 0. The average molecular weight is 201 g/mol. The molecule has 0 aromatic carbocycles. The normalized spacial score (nSPS) is 5.40. The van der Waals surface area contributed by atoms with Gasteiger partial charge in [-0.05, 0) is 0 Å². The van der Waals surface area contributed by atoms with Crippen molar-refractivity contribution in [3.05, 3.63) is 0 Å². The predicted octanol–water partition coefficient (Wildman–Crippen LogP) is -2.21. The minimum atomic E-state index is -2.17. The molecule has 0 saturated carbocycles. The fourth-order valence-electron chi connectivity index (χ4n) is 0. The van der Waals surface area contributed by atoms with Crippen molar-refractivity contribution < 1.29 is 17.9 Å². The van der Waals surface area contributed by atoms with Crippen molar-refractivity contribution in [3.8, 4) is 0 Å². The Morgan fingerprint density at radius 2 is 1.20 bits per heavy atom. The monoisotopic (exact) mass is 202 g/mol. The first-order valence-electron chi connectivity index (χ1n) is 0.775. The Kier molecular flexibility index (Phi) is 10.7. The van der Waals surface area contributed by atoms with Crippen LogP contribution in [0.3, 0.4) is 0 Å². The standard InChI is InChI=1S/BH3O3.Ba.2H/c2-1(3)4;;;/h2-4H;;;/q;+2;2*-1. The molecule has 0 spiro atoms. The van der Waals surface area contributed by atoms with Crippen LogP contribution in [-0.2, 0) is 0 Å². The van der Waals surface area contributed by atoms with Gasteiger partial charge in [0, 0.05) is 0 Å². The van der Waals surface area contributed by atoms with Gasteiger partial charge in [0.05, 0.1) is 0 Å². The fourth-order valence-corrected chi connectivity index (χ4v) is 0. The van der Waals surface area contributed by atoms with Gasteiger partial charge in [-0.3, -0.25) is 0 Å². The molecular weight excluding hydrogens is 196 g/mol. The first-order valence-corrected chi connectivity index (χ1v) is 0.775. The zero-order chi connectivity index (χ0) is 3.58. The molecule has 0 aliphatic heterocycles. The van der Waals surface area contributed by atoms with E-state index in [2.05, 4.69) is 0 Å². The Balaban J connectivity index is -0.0000000150. The molecule has 0 aliphatic carbocycles. The molecule has 0 heterocycles. The summed E-state index contributed by atoms with van der Waals surface area (Å²) in [5.74, 6) is 0. The summed E-state index contributed by atoms with van der Waals surface area (Å²) in [7, 11) is -2.17. The van der Waals surface area contributed by atoms with Crippen LogP contribution in [0, 0.1) is 0 Å². The summed E-state index contributed by atoms with van der Waals surface area (Å²) in [4.78, 5) is 0. The Morgan fingerprint density at radius 3 is 1.20 bits per heavy atom. The molecule has 0 rings (SSSR count). The van der Waals surface area contributed by atoms with E-state index >= 15 is 0 Å². The second-order valence-corrected chi connectivity index (χ2v) is 0.346. The van der Waals surface area contributed by atoms with E-state index in [1.165, 1.54) is 0 Å². The smallest absolute Gasteiger partial charge is 1.00 e. The van der Waals surface area contributed by atoms with Crippen LogP contribution >= 0.6 is 0 Å². The summed E-state index contributed by atoms with van der Waals surface area (Å²) in [6, 6.07) is 0. The largest absolute Gasteiger partial charge is 2.00 e. The van der Waals surface area contributed by atoms with Gasteiger partial charge in [-0.1, -0.05) is 0 Å². The summed E-state index contributed by atoms with van der Waals surface area (Å²) < 4.78 is 0. The van der Waals surface area contributed by atoms with E-state index in [0.29, 0.717) is 0 Å². The Hall–Kier alpha value is 1.52. The summed E-state index contributed by atoms with van der Waals surface area (Å²) in [6.45, 7) is 0. The zero-order valence-corrected chi connectivity index (χ0v) is 7.07. The molecule has 5 heteroatoms. The van der Waals surface area contributed by atoms with Crippen LogP contribution in [-0.4, -0.2) is 71.3 Å². The van der Waals surface area contributed by atoms with Crippen molar-refractivity contribution in [2.75, 3.05) is 0 Å². The maximum atomic E-state index is 7.17. The maximum absolute atomic E-state index is 7.17. The van der Waals surface area contributed by atoms with Crippen LogP contribution in [0.5, 0.6) is 0 Å². The van der Waals surface area contributed by atoms with Gasteiger partial charge in [-0.15, -0.1) is 0 Å². The van der Waals surface area contributed by atoms with Gasteiger partial charge in [0.25, 0.3) is 0 Å². The molecule has 0 amide bonds.